The Labute approximate surface area is 185 Å². The fourth-order valence-corrected chi connectivity index (χ4v) is 3.46. The van der Waals surface area contributed by atoms with Gasteiger partial charge in [0, 0.05) is 29.1 Å². The van der Waals surface area contributed by atoms with E-state index < -0.39 is 17.9 Å². The highest BCUT2D eigenvalue weighted by atomic mass is 32.2. The number of aromatic nitrogens is 1. The standard InChI is InChI=1S/C25H22N2O3S/c1-31-15-13-23(25(29)30)27-24(28)21-12-11-18(9-10-19-6-5-14-26-17-19)16-22(21)20-7-3-2-4-8-20/h2-8,11-12,14,16-17,23H,13,15H2,1H3,(H,27,28)(H,29,30)/t23-/m0/s1. The van der Waals surface area contributed by atoms with Crippen LogP contribution in [0.25, 0.3) is 11.1 Å². The van der Waals surface area contributed by atoms with Crippen LogP contribution in [0.1, 0.15) is 27.9 Å². The third-order valence-electron chi connectivity index (χ3n) is 4.58. The summed E-state index contributed by atoms with van der Waals surface area (Å²) in [5.41, 5.74) is 3.51. The number of benzene rings is 2. The number of amides is 1. The van der Waals surface area contributed by atoms with Gasteiger partial charge in [-0.3, -0.25) is 9.78 Å². The second-order valence-corrected chi connectivity index (χ2v) is 7.75. The lowest BCUT2D eigenvalue weighted by Gasteiger charge is -2.16. The van der Waals surface area contributed by atoms with Crippen LogP contribution in [0, 0.1) is 11.8 Å². The van der Waals surface area contributed by atoms with Gasteiger partial charge in [-0.1, -0.05) is 42.2 Å². The van der Waals surface area contributed by atoms with Gasteiger partial charge in [0.1, 0.15) is 6.04 Å². The molecule has 3 rings (SSSR count). The van der Waals surface area contributed by atoms with Crippen molar-refractivity contribution in [3.8, 4) is 23.0 Å². The van der Waals surface area contributed by atoms with Crippen molar-refractivity contribution in [2.24, 2.45) is 0 Å². The normalized spacial score (nSPS) is 11.1. The van der Waals surface area contributed by atoms with Crippen molar-refractivity contribution < 1.29 is 14.7 Å². The summed E-state index contributed by atoms with van der Waals surface area (Å²) < 4.78 is 0. The van der Waals surface area contributed by atoms with E-state index in [1.54, 1.807) is 36.3 Å². The van der Waals surface area contributed by atoms with Crippen molar-refractivity contribution in [2.45, 2.75) is 12.5 Å². The van der Waals surface area contributed by atoms with Gasteiger partial charge in [-0.05, 0) is 59.9 Å². The lowest BCUT2D eigenvalue weighted by molar-refractivity contribution is -0.139. The van der Waals surface area contributed by atoms with E-state index >= 15 is 0 Å². The number of hydrogen-bond acceptors (Lipinski definition) is 4. The zero-order valence-corrected chi connectivity index (χ0v) is 17.9. The van der Waals surface area contributed by atoms with Crippen LogP contribution in [0.4, 0.5) is 0 Å². The minimum atomic E-state index is -1.04. The van der Waals surface area contributed by atoms with E-state index in [0.29, 0.717) is 23.3 Å². The molecule has 5 nitrogen and oxygen atoms in total. The highest BCUT2D eigenvalue weighted by molar-refractivity contribution is 7.98. The van der Waals surface area contributed by atoms with Gasteiger partial charge in [-0.2, -0.15) is 11.8 Å². The van der Waals surface area contributed by atoms with Gasteiger partial charge in [0.05, 0.1) is 0 Å². The first kappa shape index (κ1) is 22.1. The molecule has 0 aliphatic heterocycles. The van der Waals surface area contributed by atoms with Crippen LogP contribution < -0.4 is 5.32 Å². The highest BCUT2D eigenvalue weighted by Gasteiger charge is 2.22. The lowest BCUT2D eigenvalue weighted by Crippen LogP contribution is -2.41. The van der Waals surface area contributed by atoms with Crippen LogP contribution >= 0.6 is 11.8 Å². The van der Waals surface area contributed by atoms with Crippen molar-refractivity contribution in [3.63, 3.8) is 0 Å². The molecule has 6 heteroatoms. The van der Waals surface area contributed by atoms with Crippen LogP contribution in [0.15, 0.2) is 73.1 Å². The molecule has 2 aromatic carbocycles. The predicted molar refractivity (Wildman–Crippen MR) is 124 cm³/mol. The second kappa shape index (κ2) is 11.0. The lowest BCUT2D eigenvalue weighted by atomic mass is 9.96. The summed E-state index contributed by atoms with van der Waals surface area (Å²) in [6.07, 6.45) is 5.64. The molecular weight excluding hydrogens is 408 g/mol. The Hall–Kier alpha value is -3.56. The number of nitrogens with one attached hydrogen (secondary N) is 1. The maximum absolute atomic E-state index is 13.0. The number of carboxylic acid groups (broad SMARTS) is 1. The van der Waals surface area contributed by atoms with Gasteiger partial charge < -0.3 is 10.4 Å². The molecule has 0 bridgehead atoms. The largest absolute Gasteiger partial charge is 0.480 e. The fourth-order valence-electron chi connectivity index (χ4n) is 2.99. The molecule has 0 aliphatic carbocycles. The van der Waals surface area contributed by atoms with Crippen LogP contribution in [-0.2, 0) is 4.79 Å². The molecule has 0 saturated heterocycles. The molecule has 2 N–H and O–H groups in total. The third kappa shape index (κ3) is 6.21. The molecule has 1 heterocycles. The van der Waals surface area contributed by atoms with Gasteiger partial charge in [-0.15, -0.1) is 0 Å². The molecule has 1 aromatic heterocycles. The number of aliphatic carboxylic acids is 1. The minimum Gasteiger partial charge on any atom is -0.480 e. The minimum absolute atomic E-state index is 0.359. The first-order chi connectivity index (χ1) is 15.1. The molecular formula is C25H22N2O3S. The zero-order chi connectivity index (χ0) is 22.1. The quantitative estimate of drug-likeness (QED) is 0.552. The molecule has 0 saturated carbocycles. The summed E-state index contributed by atoms with van der Waals surface area (Å²) in [6, 6.07) is 17.6. The summed E-state index contributed by atoms with van der Waals surface area (Å²) in [7, 11) is 0. The van der Waals surface area contributed by atoms with E-state index in [-0.39, 0.29) is 0 Å². The van der Waals surface area contributed by atoms with Crippen LogP contribution in [0.5, 0.6) is 0 Å². The van der Waals surface area contributed by atoms with E-state index in [4.69, 9.17) is 0 Å². The summed E-state index contributed by atoms with van der Waals surface area (Å²) >= 11 is 1.54. The summed E-state index contributed by atoms with van der Waals surface area (Å²) in [5, 5.41) is 12.1. The summed E-state index contributed by atoms with van der Waals surface area (Å²) in [4.78, 5) is 28.6. The smallest absolute Gasteiger partial charge is 0.326 e. The fraction of sp³-hybridized carbons (Fsp3) is 0.160. The Kier molecular flexibility index (Phi) is 7.85. The van der Waals surface area contributed by atoms with Crippen molar-refractivity contribution in [2.75, 3.05) is 12.0 Å². The van der Waals surface area contributed by atoms with Crippen LogP contribution in [0.2, 0.25) is 0 Å². The van der Waals surface area contributed by atoms with E-state index in [1.807, 2.05) is 54.8 Å². The number of rotatable bonds is 7. The molecule has 0 unspecified atom stereocenters. The van der Waals surface area contributed by atoms with E-state index in [1.165, 1.54) is 0 Å². The molecule has 31 heavy (non-hydrogen) atoms. The number of thioether (sulfide) groups is 1. The molecule has 3 aromatic rings. The van der Waals surface area contributed by atoms with Gasteiger partial charge in [0.25, 0.3) is 5.91 Å². The van der Waals surface area contributed by atoms with E-state index in [9.17, 15) is 14.7 Å². The third-order valence-corrected chi connectivity index (χ3v) is 5.22. The average Bonchev–Trinajstić information content (AvgIpc) is 2.81. The number of carbonyl (C=O) groups is 2. The average molecular weight is 431 g/mol. The SMILES string of the molecule is CSCC[C@H](NC(=O)c1ccc(C#Cc2cccnc2)cc1-c1ccccc1)C(=O)O. The van der Waals surface area contributed by atoms with Crippen molar-refractivity contribution in [1.29, 1.82) is 0 Å². The first-order valence-electron chi connectivity index (χ1n) is 9.72. The zero-order valence-electron chi connectivity index (χ0n) is 17.0. The van der Waals surface area contributed by atoms with Crippen molar-refractivity contribution in [3.05, 3.63) is 89.7 Å². The maximum atomic E-state index is 13.0. The van der Waals surface area contributed by atoms with Crippen LogP contribution in [0.3, 0.4) is 0 Å². The molecule has 1 amide bonds. The Morgan fingerprint density at radius 2 is 1.84 bits per heavy atom. The first-order valence-corrected chi connectivity index (χ1v) is 11.1. The molecule has 0 fully saturated rings. The summed E-state index contributed by atoms with van der Waals surface area (Å²) in [5.74, 6) is 5.36. The Bertz CT molecular complexity index is 1110. The van der Waals surface area contributed by atoms with Crippen molar-refractivity contribution in [1.82, 2.24) is 10.3 Å². The number of carbonyl (C=O) groups excluding carboxylic acids is 1. The van der Waals surface area contributed by atoms with Crippen LogP contribution in [-0.4, -0.2) is 40.0 Å². The van der Waals surface area contributed by atoms with E-state index in [2.05, 4.69) is 22.1 Å². The van der Waals surface area contributed by atoms with Gasteiger partial charge in [0.15, 0.2) is 0 Å². The Balaban J connectivity index is 1.95. The molecule has 1 atom stereocenters. The van der Waals surface area contributed by atoms with Crippen molar-refractivity contribution >= 4 is 23.6 Å². The Morgan fingerprint density at radius 3 is 2.52 bits per heavy atom. The van der Waals surface area contributed by atoms with Gasteiger partial charge in [0.2, 0.25) is 0 Å². The summed E-state index contributed by atoms with van der Waals surface area (Å²) in [6.45, 7) is 0. The maximum Gasteiger partial charge on any atom is 0.326 e. The molecule has 0 aliphatic rings. The van der Waals surface area contributed by atoms with Gasteiger partial charge in [-0.25, -0.2) is 4.79 Å². The number of pyridine rings is 1. The monoisotopic (exact) mass is 430 g/mol. The highest BCUT2D eigenvalue weighted by Crippen LogP contribution is 2.25. The van der Waals surface area contributed by atoms with E-state index in [0.717, 1.165) is 16.7 Å². The molecule has 0 spiro atoms. The topological polar surface area (TPSA) is 79.3 Å². The predicted octanol–water partition coefficient (Wildman–Crippen LogP) is 4.08. The number of carboxylic acids is 1. The Morgan fingerprint density at radius 1 is 1.06 bits per heavy atom. The molecule has 156 valence electrons. The second-order valence-electron chi connectivity index (χ2n) is 6.76. The molecule has 0 radical (unpaired) electrons. The number of nitrogens with zero attached hydrogens (tertiary/aromatic N) is 1. The van der Waals surface area contributed by atoms with Gasteiger partial charge >= 0.3 is 5.97 Å². The number of hydrogen-bond donors (Lipinski definition) is 2.